The molecule has 1 heterocycles. The van der Waals surface area contributed by atoms with Gasteiger partial charge in [0.25, 0.3) is 0 Å². The number of halogens is 1. The average molecular weight is 540 g/mol. The van der Waals surface area contributed by atoms with E-state index in [9.17, 15) is 0 Å². The molecule has 1 aliphatic heterocycles. The molecule has 0 fully saturated rings. The minimum Gasteiger partial charge on any atom is -0.497 e. The van der Waals surface area contributed by atoms with Gasteiger partial charge in [0.05, 0.1) is 21.3 Å². The molecule has 0 aromatic heterocycles. The van der Waals surface area contributed by atoms with Gasteiger partial charge >= 0.3 is 0 Å². The van der Waals surface area contributed by atoms with E-state index in [4.69, 9.17) is 14.2 Å². The first-order valence-electron chi connectivity index (χ1n) is 10.2. The fourth-order valence-electron chi connectivity index (χ4n) is 3.65. The van der Waals surface area contributed by atoms with Crippen LogP contribution in [0, 0.1) is 0 Å². The van der Waals surface area contributed by atoms with Crippen LogP contribution in [0.15, 0.2) is 41.4 Å². The zero-order valence-electron chi connectivity index (χ0n) is 18.7. The molecular weight excluding hydrogens is 507 g/mol. The molecule has 170 valence electrons. The lowest BCUT2D eigenvalue weighted by Crippen LogP contribution is -2.42. The van der Waals surface area contributed by atoms with Crippen molar-refractivity contribution < 1.29 is 14.2 Å². The fraction of sp³-hybridized carbons (Fsp3) is 0.435. The highest BCUT2D eigenvalue weighted by Crippen LogP contribution is 2.33. The van der Waals surface area contributed by atoms with Gasteiger partial charge in [-0.25, -0.2) is 0 Å². The normalized spacial score (nSPS) is 13.6. The molecule has 0 amide bonds. The summed E-state index contributed by atoms with van der Waals surface area (Å²) in [5.41, 5.74) is 3.79. The van der Waals surface area contributed by atoms with E-state index in [1.165, 1.54) is 11.1 Å². The summed E-state index contributed by atoms with van der Waals surface area (Å²) in [5, 5.41) is 6.75. The van der Waals surface area contributed by atoms with Gasteiger partial charge in [0.2, 0.25) is 0 Å². The number of methoxy groups -OCH3 is 3. The van der Waals surface area contributed by atoms with Gasteiger partial charge in [-0.3, -0.25) is 9.89 Å². The third kappa shape index (κ3) is 6.90. The van der Waals surface area contributed by atoms with Crippen LogP contribution >= 0.6 is 24.0 Å². The monoisotopic (exact) mass is 540 g/mol. The Balaban J connectivity index is 0.00000341. The summed E-state index contributed by atoms with van der Waals surface area (Å²) in [4.78, 5) is 6.76. The van der Waals surface area contributed by atoms with E-state index in [-0.39, 0.29) is 24.0 Å². The summed E-state index contributed by atoms with van der Waals surface area (Å²) in [6, 6.07) is 12.2. The molecule has 2 aromatic carbocycles. The number of nitrogens with one attached hydrogen (secondary N) is 2. The van der Waals surface area contributed by atoms with Crippen LogP contribution in [0.1, 0.15) is 16.7 Å². The fourth-order valence-corrected chi connectivity index (χ4v) is 3.65. The lowest BCUT2D eigenvalue weighted by molar-refractivity contribution is 0.256. The molecule has 2 N–H and O–H groups in total. The van der Waals surface area contributed by atoms with Crippen LogP contribution in [-0.2, 0) is 19.5 Å². The third-order valence-electron chi connectivity index (χ3n) is 5.34. The van der Waals surface area contributed by atoms with Crippen LogP contribution in [-0.4, -0.2) is 58.9 Å². The quantitative estimate of drug-likeness (QED) is 0.305. The maximum Gasteiger partial charge on any atom is 0.191 e. The van der Waals surface area contributed by atoms with Crippen molar-refractivity contribution >= 4 is 29.9 Å². The van der Waals surface area contributed by atoms with Crippen LogP contribution in [0.5, 0.6) is 17.2 Å². The van der Waals surface area contributed by atoms with Crippen LogP contribution in [0.3, 0.4) is 0 Å². The van der Waals surface area contributed by atoms with Crippen molar-refractivity contribution in [3.63, 3.8) is 0 Å². The van der Waals surface area contributed by atoms with Crippen LogP contribution in [0.25, 0.3) is 0 Å². The molecule has 0 radical (unpaired) electrons. The van der Waals surface area contributed by atoms with Crippen molar-refractivity contribution in [3.8, 4) is 17.2 Å². The Hall–Kier alpha value is -2.20. The van der Waals surface area contributed by atoms with Crippen molar-refractivity contribution in [1.29, 1.82) is 0 Å². The number of ether oxygens (including phenoxy) is 3. The smallest absolute Gasteiger partial charge is 0.191 e. The number of hydrogen-bond acceptors (Lipinski definition) is 5. The number of hydrogen-bond donors (Lipinski definition) is 2. The number of fused-ring (bicyclic) bond motifs is 1. The lowest BCUT2D eigenvalue weighted by Gasteiger charge is -2.29. The van der Waals surface area contributed by atoms with Gasteiger partial charge < -0.3 is 24.8 Å². The second-order valence-electron chi connectivity index (χ2n) is 7.21. The Labute approximate surface area is 202 Å². The molecule has 0 unspecified atom stereocenters. The minimum atomic E-state index is 0. The zero-order chi connectivity index (χ0) is 21.3. The van der Waals surface area contributed by atoms with Gasteiger partial charge in [0, 0.05) is 39.8 Å². The molecular formula is C23H33IN4O3. The molecule has 7 nitrogen and oxygen atoms in total. The molecule has 0 saturated heterocycles. The maximum absolute atomic E-state index is 5.45. The maximum atomic E-state index is 5.45. The Morgan fingerprint density at radius 1 is 1.00 bits per heavy atom. The number of rotatable bonds is 8. The summed E-state index contributed by atoms with van der Waals surface area (Å²) < 4.78 is 16.2. The first-order valence-corrected chi connectivity index (χ1v) is 10.2. The van der Waals surface area contributed by atoms with Crippen LogP contribution < -0.4 is 24.8 Å². The molecule has 0 atom stereocenters. The summed E-state index contributed by atoms with van der Waals surface area (Å²) in [6.07, 6.45) is 1.01. The van der Waals surface area contributed by atoms with Crippen molar-refractivity contribution in [2.24, 2.45) is 4.99 Å². The van der Waals surface area contributed by atoms with E-state index in [0.29, 0.717) is 6.54 Å². The molecule has 2 aromatic rings. The topological polar surface area (TPSA) is 67.4 Å². The zero-order valence-corrected chi connectivity index (χ0v) is 21.1. The second-order valence-corrected chi connectivity index (χ2v) is 7.21. The third-order valence-corrected chi connectivity index (χ3v) is 5.34. The highest BCUT2D eigenvalue weighted by atomic mass is 127. The SMILES string of the molecule is CN=C(NCCN1CCc2cc(OC)c(OC)cc2C1)NCc1cccc(OC)c1.I. The highest BCUT2D eigenvalue weighted by Gasteiger charge is 2.19. The molecule has 8 heteroatoms. The number of aliphatic imine (C=N–C) groups is 1. The lowest BCUT2D eigenvalue weighted by atomic mass is 9.99. The Morgan fingerprint density at radius 3 is 2.42 bits per heavy atom. The molecule has 0 spiro atoms. The summed E-state index contributed by atoms with van der Waals surface area (Å²) in [7, 11) is 6.83. The summed E-state index contributed by atoms with van der Waals surface area (Å²) in [5.74, 6) is 3.24. The molecule has 0 aliphatic carbocycles. The van der Waals surface area contributed by atoms with Crippen molar-refractivity contribution in [3.05, 3.63) is 53.1 Å². The van der Waals surface area contributed by atoms with Crippen molar-refractivity contribution in [2.75, 3.05) is 48.0 Å². The number of benzene rings is 2. The molecule has 0 saturated carbocycles. The first-order chi connectivity index (χ1) is 14.7. The Morgan fingerprint density at radius 2 is 1.74 bits per heavy atom. The van der Waals surface area contributed by atoms with E-state index >= 15 is 0 Å². The average Bonchev–Trinajstić information content (AvgIpc) is 2.80. The van der Waals surface area contributed by atoms with Gasteiger partial charge in [-0.05, 0) is 47.4 Å². The van der Waals surface area contributed by atoms with Gasteiger partial charge in [-0.15, -0.1) is 24.0 Å². The van der Waals surface area contributed by atoms with E-state index in [0.717, 1.165) is 61.4 Å². The van der Waals surface area contributed by atoms with Crippen molar-refractivity contribution in [1.82, 2.24) is 15.5 Å². The highest BCUT2D eigenvalue weighted by molar-refractivity contribution is 14.0. The number of guanidine groups is 1. The standard InChI is InChI=1S/C23H32N4O3.HI/c1-24-23(26-15-17-6-5-7-20(12-17)28-2)25-9-11-27-10-8-18-13-21(29-3)22(30-4)14-19(18)16-27;/h5-7,12-14H,8-11,15-16H2,1-4H3,(H2,24,25,26);1H. The van der Waals surface area contributed by atoms with E-state index < -0.39 is 0 Å². The molecule has 1 aliphatic rings. The minimum absolute atomic E-state index is 0. The van der Waals surface area contributed by atoms with E-state index in [2.05, 4.69) is 38.7 Å². The van der Waals surface area contributed by atoms with Gasteiger partial charge in [-0.2, -0.15) is 0 Å². The number of nitrogens with zero attached hydrogens (tertiary/aromatic N) is 2. The summed E-state index contributed by atoms with van der Waals surface area (Å²) in [6.45, 7) is 4.39. The van der Waals surface area contributed by atoms with Gasteiger partial charge in [0.1, 0.15) is 5.75 Å². The van der Waals surface area contributed by atoms with Crippen LogP contribution in [0.2, 0.25) is 0 Å². The first kappa shape index (κ1) is 25.1. The predicted octanol–water partition coefficient (Wildman–Crippen LogP) is 3.05. The van der Waals surface area contributed by atoms with Crippen LogP contribution in [0.4, 0.5) is 0 Å². The summed E-state index contributed by atoms with van der Waals surface area (Å²) >= 11 is 0. The van der Waals surface area contributed by atoms with E-state index in [1.54, 1.807) is 28.4 Å². The Bertz CT molecular complexity index is 876. The predicted molar refractivity (Wildman–Crippen MR) is 135 cm³/mol. The van der Waals surface area contributed by atoms with Gasteiger partial charge in [-0.1, -0.05) is 12.1 Å². The van der Waals surface area contributed by atoms with Crippen molar-refractivity contribution in [2.45, 2.75) is 19.5 Å². The van der Waals surface area contributed by atoms with E-state index in [1.807, 2.05) is 18.2 Å². The largest absolute Gasteiger partial charge is 0.497 e. The van der Waals surface area contributed by atoms with Gasteiger partial charge in [0.15, 0.2) is 17.5 Å². The Kier molecular flexibility index (Phi) is 10.2. The molecule has 31 heavy (non-hydrogen) atoms. The molecule has 3 rings (SSSR count). The second kappa shape index (κ2) is 12.6. The molecule has 0 bridgehead atoms.